The molecular weight excluding hydrogens is 474 g/mol. The maximum absolute atomic E-state index is 13.4. The number of benzene rings is 3. The first-order chi connectivity index (χ1) is 17.5. The largest absolute Gasteiger partial charge is 0.496 e. The zero-order valence-corrected chi connectivity index (χ0v) is 20.4. The molecule has 0 atom stereocenters. The molecule has 8 heteroatoms. The monoisotopic (exact) mass is 495 g/mol. The molecule has 0 fully saturated rings. The number of hydrazone groups is 1. The van der Waals surface area contributed by atoms with Gasteiger partial charge >= 0.3 is 0 Å². The summed E-state index contributed by atoms with van der Waals surface area (Å²) in [6.07, 6.45) is 1.55. The Labute approximate surface area is 213 Å². The predicted octanol–water partition coefficient (Wildman–Crippen LogP) is 5.82. The summed E-state index contributed by atoms with van der Waals surface area (Å²) in [5, 5.41) is 10.1. The summed E-state index contributed by atoms with van der Waals surface area (Å²) in [7, 11) is 1.59. The minimum Gasteiger partial charge on any atom is -0.496 e. The molecule has 5 aromatic rings. The summed E-state index contributed by atoms with van der Waals surface area (Å²) in [4.78, 5) is 18.3. The fourth-order valence-electron chi connectivity index (χ4n) is 3.98. The van der Waals surface area contributed by atoms with Crippen molar-refractivity contribution in [2.75, 3.05) is 7.11 Å². The molecule has 2 aromatic heterocycles. The second-order valence-corrected chi connectivity index (χ2v) is 8.47. The van der Waals surface area contributed by atoms with Gasteiger partial charge in [-0.25, -0.2) is 15.1 Å². The molecule has 5 rings (SSSR count). The lowest BCUT2D eigenvalue weighted by atomic mass is 10.1. The average Bonchev–Trinajstić information content (AvgIpc) is 3.25. The van der Waals surface area contributed by atoms with E-state index in [1.165, 1.54) is 0 Å². The van der Waals surface area contributed by atoms with E-state index in [0.717, 1.165) is 16.8 Å². The summed E-state index contributed by atoms with van der Waals surface area (Å²) >= 11 is 6.09. The van der Waals surface area contributed by atoms with E-state index in [1.807, 2.05) is 73.7 Å². The average molecular weight is 496 g/mol. The van der Waals surface area contributed by atoms with Gasteiger partial charge in [0.1, 0.15) is 5.75 Å². The summed E-state index contributed by atoms with van der Waals surface area (Å²) in [5.74, 6) is 0.284. The Morgan fingerprint density at radius 3 is 2.50 bits per heavy atom. The van der Waals surface area contributed by atoms with Gasteiger partial charge in [0.05, 0.1) is 41.3 Å². The number of carbonyl (C=O) groups excluding carboxylic acids is 1. The number of aromatic nitrogens is 3. The molecule has 0 aliphatic carbocycles. The van der Waals surface area contributed by atoms with Gasteiger partial charge in [-0.05, 0) is 49.4 Å². The van der Waals surface area contributed by atoms with E-state index in [4.69, 9.17) is 26.4 Å². The number of halogens is 1. The van der Waals surface area contributed by atoms with Crippen molar-refractivity contribution >= 4 is 34.8 Å². The number of hydrogen-bond acceptors (Lipinski definition) is 5. The lowest BCUT2D eigenvalue weighted by molar-refractivity contribution is 0.0956. The lowest BCUT2D eigenvalue weighted by Crippen LogP contribution is -2.18. The van der Waals surface area contributed by atoms with E-state index in [0.29, 0.717) is 38.8 Å². The number of ether oxygens (including phenoxy) is 1. The molecule has 7 nitrogen and oxygen atoms in total. The summed E-state index contributed by atoms with van der Waals surface area (Å²) < 4.78 is 7.10. The highest BCUT2D eigenvalue weighted by Gasteiger charge is 2.21. The first-order valence-corrected chi connectivity index (χ1v) is 11.6. The molecule has 2 heterocycles. The fraction of sp³-hybridized carbons (Fsp3) is 0.0714. The van der Waals surface area contributed by atoms with E-state index in [2.05, 4.69) is 10.5 Å². The third kappa shape index (κ3) is 4.56. The molecule has 3 aromatic carbocycles. The molecule has 0 saturated carbocycles. The highest BCUT2D eigenvalue weighted by Crippen LogP contribution is 2.29. The number of para-hydroxylation sites is 2. The Kier molecular flexibility index (Phi) is 6.47. The van der Waals surface area contributed by atoms with Gasteiger partial charge in [0, 0.05) is 16.1 Å². The normalized spacial score (nSPS) is 11.2. The van der Waals surface area contributed by atoms with E-state index in [9.17, 15) is 4.79 Å². The Hall–Kier alpha value is -4.49. The molecule has 178 valence electrons. The van der Waals surface area contributed by atoms with E-state index >= 15 is 0 Å². The minimum atomic E-state index is -0.375. The quantitative estimate of drug-likeness (QED) is 0.237. The number of pyridine rings is 1. The maximum atomic E-state index is 13.4. The van der Waals surface area contributed by atoms with Gasteiger partial charge < -0.3 is 4.74 Å². The topological polar surface area (TPSA) is 81.4 Å². The van der Waals surface area contributed by atoms with Crippen molar-refractivity contribution < 1.29 is 9.53 Å². The van der Waals surface area contributed by atoms with Crippen molar-refractivity contribution in [2.45, 2.75) is 6.92 Å². The van der Waals surface area contributed by atoms with Crippen LogP contribution in [0.4, 0.5) is 0 Å². The second-order valence-electron chi connectivity index (χ2n) is 8.03. The molecule has 0 aliphatic rings. The first kappa shape index (κ1) is 23.3. The van der Waals surface area contributed by atoms with Crippen LogP contribution in [0.15, 0.2) is 90.0 Å². The number of hydrogen-bond donors (Lipinski definition) is 1. The number of aryl methyl sites for hydroxylation is 1. The summed E-state index contributed by atoms with van der Waals surface area (Å²) in [6.45, 7) is 1.86. The minimum absolute atomic E-state index is 0.375. The smallest absolute Gasteiger partial charge is 0.272 e. The van der Waals surface area contributed by atoms with Crippen molar-refractivity contribution in [3.63, 3.8) is 0 Å². The Morgan fingerprint density at radius 2 is 1.75 bits per heavy atom. The zero-order valence-electron chi connectivity index (χ0n) is 19.6. The van der Waals surface area contributed by atoms with Crippen LogP contribution in [0.25, 0.3) is 28.0 Å². The summed E-state index contributed by atoms with van der Waals surface area (Å²) in [6, 6.07) is 26.2. The van der Waals surface area contributed by atoms with Gasteiger partial charge in [0.25, 0.3) is 5.91 Å². The standard InChI is InChI=1S/C28H22ClN5O2/c1-18-26-23(28(35)32-30-17-20-8-6-7-11-25(20)36-2)16-24(19-12-14-21(29)15-13-19)31-27(26)34(33-18)22-9-4-3-5-10-22/h3-17H,1-2H3,(H,32,35). The van der Waals surface area contributed by atoms with Crippen LogP contribution in [0.5, 0.6) is 5.75 Å². The van der Waals surface area contributed by atoms with Crippen LogP contribution >= 0.6 is 11.6 Å². The van der Waals surface area contributed by atoms with Crippen molar-refractivity contribution in [3.8, 4) is 22.7 Å². The lowest BCUT2D eigenvalue weighted by Gasteiger charge is -2.09. The van der Waals surface area contributed by atoms with Crippen molar-refractivity contribution in [1.82, 2.24) is 20.2 Å². The van der Waals surface area contributed by atoms with Gasteiger partial charge in [-0.15, -0.1) is 0 Å². The molecule has 0 spiro atoms. The predicted molar refractivity (Wildman–Crippen MR) is 142 cm³/mol. The van der Waals surface area contributed by atoms with Crippen LogP contribution in [-0.4, -0.2) is 34.0 Å². The van der Waals surface area contributed by atoms with E-state index in [1.54, 1.807) is 36.2 Å². The van der Waals surface area contributed by atoms with Crippen LogP contribution in [0.2, 0.25) is 5.02 Å². The molecule has 0 aliphatic heterocycles. The number of nitrogens with one attached hydrogen (secondary N) is 1. The highest BCUT2D eigenvalue weighted by atomic mass is 35.5. The number of carbonyl (C=O) groups is 1. The Bertz CT molecular complexity index is 1580. The number of fused-ring (bicyclic) bond motifs is 1. The SMILES string of the molecule is COc1ccccc1C=NNC(=O)c1cc(-c2ccc(Cl)cc2)nc2c1c(C)nn2-c1ccccc1. The van der Waals surface area contributed by atoms with Gasteiger partial charge in [-0.2, -0.15) is 10.2 Å². The molecule has 0 saturated heterocycles. The third-order valence-electron chi connectivity index (χ3n) is 5.71. The van der Waals surface area contributed by atoms with Crippen LogP contribution < -0.4 is 10.2 Å². The van der Waals surface area contributed by atoms with Crippen molar-refractivity contribution in [3.05, 3.63) is 107 Å². The first-order valence-electron chi connectivity index (χ1n) is 11.2. The van der Waals surface area contributed by atoms with Crippen molar-refractivity contribution in [1.29, 1.82) is 0 Å². The highest BCUT2D eigenvalue weighted by molar-refractivity contribution is 6.30. The maximum Gasteiger partial charge on any atom is 0.272 e. The molecule has 1 N–H and O–H groups in total. The zero-order chi connectivity index (χ0) is 25.1. The van der Waals surface area contributed by atoms with E-state index in [-0.39, 0.29) is 5.91 Å². The van der Waals surface area contributed by atoms with Crippen LogP contribution in [-0.2, 0) is 0 Å². The van der Waals surface area contributed by atoms with Crippen LogP contribution in [0.3, 0.4) is 0 Å². The van der Waals surface area contributed by atoms with Gasteiger partial charge in [0.15, 0.2) is 5.65 Å². The molecular formula is C28H22ClN5O2. The molecule has 0 radical (unpaired) electrons. The molecule has 0 unspecified atom stereocenters. The number of rotatable bonds is 6. The van der Waals surface area contributed by atoms with Gasteiger partial charge in [-0.3, -0.25) is 4.79 Å². The van der Waals surface area contributed by atoms with E-state index < -0.39 is 0 Å². The molecule has 0 bridgehead atoms. The number of methoxy groups -OCH3 is 1. The molecule has 36 heavy (non-hydrogen) atoms. The van der Waals surface area contributed by atoms with Crippen LogP contribution in [0.1, 0.15) is 21.6 Å². The second kappa shape index (κ2) is 10.0. The fourth-order valence-corrected chi connectivity index (χ4v) is 4.11. The number of nitrogens with zero attached hydrogens (tertiary/aromatic N) is 4. The van der Waals surface area contributed by atoms with Crippen LogP contribution in [0, 0.1) is 6.92 Å². The van der Waals surface area contributed by atoms with Gasteiger partial charge in [-0.1, -0.05) is 54.1 Å². The number of amides is 1. The molecule has 1 amide bonds. The third-order valence-corrected chi connectivity index (χ3v) is 5.96. The Morgan fingerprint density at radius 1 is 1.03 bits per heavy atom. The van der Waals surface area contributed by atoms with Crippen molar-refractivity contribution in [2.24, 2.45) is 5.10 Å². The van der Waals surface area contributed by atoms with Gasteiger partial charge in [0.2, 0.25) is 0 Å². The Balaban J connectivity index is 1.61. The summed E-state index contributed by atoms with van der Waals surface area (Å²) in [5.41, 5.74) is 7.36.